The molecule has 11 heteroatoms. The Hall–Kier alpha value is -3.76. The first-order valence-electron chi connectivity index (χ1n) is 10.7. The number of aromatic nitrogens is 3. The topological polar surface area (TPSA) is 72.2 Å². The van der Waals surface area contributed by atoms with Gasteiger partial charge in [-0.25, -0.2) is 9.50 Å². The van der Waals surface area contributed by atoms with Gasteiger partial charge in [0, 0.05) is 30.9 Å². The highest BCUT2D eigenvalue weighted by Gasteiger charge is 2.37. The highest BCUT2D eigenvalue weighted by Crippen LogP contribution is 2.36. The van der Waals surface area contributed by atoms with Gasteiger partial charge in [-0.1, -0.05) is 6.08 Å². The van der Waals surface area contributed by atoms with Gasteiger partial charge in [0.1, 0.15) is 5.56 Å². The summed E-state index contributed by atoms with van der Waals surface area (Å²) in [5.74, 6) is 0.388. The lowest BCUT2D eigenvalue weighted by atomic mass is 10.1. The molecule has 0 N–H and O–H groups in total. The lowest BCUT2D eigenvalue weighted by Crippen LogP contribution is -2.45. The van der Waals surface area contributed by atoms with Crippen molar-refractivity contribution in [1.29, 1.82) is 0 Å². The first-order valence-corrected chi connectivity index (χ1v) is 10.7. The Morgan fingerprint density at radius 3 is 2.59 bits per heavy atom. The van der Waals surface area contributed by atoms with Crippen molar-refractivity contribution < 1.29 is 27.4 Å². The van der Waals surface area contributed by atoms with Gasteiger partial charge in [0.05, 0.1) is 32.7 Å². The van der Waals surface area contributed by atoms with E-state index < -0.39 is 17.8 Å². The van der Waals surface area contributed by atoms with Crippen molar-refractivity contribution in [1.82, 2.24) is 24.4 Å². The van der Waals surface area contributed by atoms with Crippen LogP contribution in [0.3, 0.4) is 0 Å². The Kier molecular flexibility index (Phi) is 5.34. The third kappa shape index (κ3) is 3.70. The standard InChI is InChI=1S/C23H22F3N5O3/c1-33-18-6-5-14(10-19(18)34-2)17-11-20(23(24,25)26)31-21(28-17)16(12-27-31)22(32)30-9-8-29-7-3-4-15(29)13-30/h4-6,10-12H,3,7-9,13H2,1-2H3. The van der Waals surface area contributed by atoms with Gasteiger partial charge in [0.25, 0.3) is 5.91 Å². The van der Waals surface area contributed by atoms with Crippen LogP contribution in [0, 0.1) is 0 Å². The lowest BCUT2D eigenvalue weighted by molar-refractivity contribution is -0.142. The number of hydrogen-bond acceptors (Lipinski definition) is 6. The number of ether oxygens (including phenoxy) is 2. The Morgan fingerprint density at radius 2 is 1.85 bits per heavy atom. The molecule has 0 atom stereocenters. The molecule has 1 amide bonds. The van der Waals surface area contributed by atoms with Crippen LogP contribution in [0.2, 0.25) is 0 Å². The van der Waals surface area contributed by atoms with E-state index in [2.05, 4.69) is 21.1 Å². The van der Waals surface area contributed by atoms with Gasteiger partial charge in [0.2, 0.25) is 0 Å². The summed E-state index contributed by atoms with van der Waals surface area (Å²) in [6, 6.07) is 5.63. The van der Waals surface area contributed by atoms with Crippen LogP contribution >= 0.6 is 0 Å². The molecule has 0 bridgehead atoms. The van der Waals surface area contributed by atoms with E-state index in [1.165, 1.54) is 14.2 Å². The summed E-state index contributed by atoms with van der Waals surface area (Å²) < 4.78 is 53.0. The molecule has 8 nitrogen and oxygen atoms in total. The van der Waals surface area contributed by atoms with Crippen molar-refractivity contribution in [2.75, 3.05) is 40.4 Å². The van der Waals surface area contributed by atoms with Crippen molar-refractivity contribution in [3.8, 4) is 22.8 Å². The molecule has 1 saturated heterocycles. The van der Waals surface area contributed by atoms with Crippen molar-refractivity contribution in [3.63, 3.8) is 0 Å². The number of hydrogen-bond donors (Lipinski definition) is 0. The Morgan fingerprint density at radius 1 is 1.06 bits per heavy atom. The summed E-state index contributed by atoms with van der Waals surface area (Å²) in [5, 5.41) is 3.88. The van der Waals surface area contributed by atoms with Gasteiger partial charge in [-0.3, -0.25) is 4.79 Å². The largest absolute Gasteiger partial charge is 0.493 e. The average Bonchev–Trinajstić information content (AvgIpc) is 3.48. The zero-order valence-electron chi connectivity index (χ0n) is 18.6. The van der Waals surface area contributed by atoms with E-state index in [4.69, 9.17) is 9.47 Å². The highest BCUT2D eigenvalue weighted by atomic mass is 19.4. The molecule has 1 fully saturated rings. The van der Waals surface area contributed by atoms with E-state index in [1.54, 1.807) is 23.1 Å². The summed E-state index contributed by atoms with van der Waals surface area (Å²) in [5.41, 5.74) is 0.344. The number of alkyl halides is 3. The summed E-state index contributed by atoms with van der Waals surface area (Å²) in [7, 11) is 2.90. The van der Waals surface area contributed by atoms with Crippen molar-refractivity contribution in [2.24, 2.45) is 0 Å². The lowest BCUT2D eigenvalue weighted by Gasteiger charge is -2.35. The molecule has 2 aliphatic rings. The number of carbonyl (C=O) groups is 1. The van der Waals surface area contributed by atoms with Crippen LogP contribution < -0.4 is 9.47 Å². The summed E-state index contributed by atoms with van der Waals surface area (Å²) >= 11 is 0. The zero-order chi connectivity index (χ0) is 24.0. The van der Waals surface area contributed by atoms with E-state index in [0.29, 0.717) is 41.2 Å². The summed E-state index contributed by atoms with van der Waals surface area (Å²) in [6.45, 7) is 2.51. The molecule has 178 valence electrons. The molecule has 0 spiro atoms. The van der Waals surface area contributed by atoms with Gasteiger partial charge in [0.15, 0.2) is 22.8 Å². The number of methoxy groups -OCH3 is 2. The maximum atomic E-state index is 13.9. The minimum atomic E-state index is -4.71. The van der Waals surface area contributed by atoms with Crippen LogP contribution in [0.4, 0.5) is 13.2 Å². The second-order valence-corrected chi connectivity index (χ2v) is 8.09. The number of nitrogens with zero attached hydrogens (tertiary/aromatic N) is 5. The molecule has 0 radical (unpaired) electrons. The number of piperazine rings is 1. The molecule has 3 aromatic rings. The fourth-order valence-corrected chi connectivity index (χ4v) is 4.40. The third-order valence-electron chi connectivity index (χ3n) is 6.14. The van der Waals surface area contributed by atoms with Gasteiger partial charge in [-0.15, -0.1) is 0 Å². The van der Waals surface area contributed by atoms with E-state index in [0.717, 1.165) is 30.9 Å². The molecule has 5 rings (SSSR count). The van der Waals surface area contributed by atoms with Gasteiger partial charge in [-0.2, -0.15) is 18.3 Å². The number of rotatable bonds is 4. The first-order chi connectivity index (χ1) is 16.3. The number of carbonyl (C=O) groups excluding carboxylic acids is 1. The quantitative estimate of drug-likeness (QED) is 0.578. The van der Waals surface area contributed by atoms with Crippen LogP contribution in [0.25, 0.3) is 16.9 Å². The van der Waals surface area contributed by atoms with Gasteiger partial charge < -0.3 is 19.3 Å². The predicted molar refractivity (Wildman–Crippen MR) is 117 cm³/mol. The third-order valence-corrected chi connectivity index (χ3v) is 6.14. The van der Waals surface area contributed by atoms with E-state index >= 15 is 0 Å². The van der Waals surface area contributed by atoms with Crippen molar-refractivity contribution in [2.45, 2.75) is 12.6 Å². The molecule has 2 aliphatic heterocycles. The maximum absolute atomic E-state index is 13.9. The average molecular weight is 473 g/mol. The zero-order valence-corrected chi connectivity index (χ0v) is 18.6. The van der Waals surface area contributed by atoms with Crippen molar-refractivity contribution >= 4 is 11.6 Å². The molecule has 0 unspecified atom stereocenters. The van der Waals surface area contributed by atoms with Crippen LogP contribution in [0.15, 0.2) is 42.2 Å². The number of fused-ring (bicyclic) bond motifs is 2. The van der Waals surface area contributed by atoms with Crippen molar-refractivity contribution in [3.05, 3.63) is 53.5 Å². The van der Waals surface area contributed by atoms with Crippen LogP contribution in [-0.4, -0.2) is 70.7 Å². The first kappa shape index (κ1) is 22.1. The SMILES string of the molecule is COc1ccc(-c2cc(C(F)(F)F)n3ncc(C(=O)N4CCN5CCC=C5C4)c3n2)cc1OC. The smallest absolute Gasteiger partial charge is 0.433 e. The molecule has 0 saturated carbocycles. The summed E-state index contributed by atoms with van der Waals surface area (Å²) in [6.07, 6.45) is -0.531. The fourth-order valence-electron chi connectivity index (χ4n) is 4.40. The monoisotopic (exact) mass is 473 g/mol. The van der Waals surface area contributed by atoms with E-state index in [9.17, 15) is 18.0 Å². The number of halogens is 3. The molecule has 0 aliphatic carbocycles. The maximum Gasteiger partial charge on any atom is 0.433 e. The second-order valence-electron chi connectivity index (χ2n) is 8.09. The Bertz CT molecular complexity index is 1300. The molecule has 1 aromatic carbocycles. The van der Waals surface area contributed by atoms with Gasteiger partial charge in [-0.05, 0) is 30.7 Å². The normalized spacial score (nSPS) is 16.0. The van der Waals surface area contributed by atoms with Crippen LogP contribution in [0.5, 0.6) is 11.5 Å². The second kappa shape index (κ2) is 8.23. The Labute approximate surface area is 193 Å². The van der Waals surface area contributed by atoms with Gasteiger partial charge >= 0.3 is 6.18 Å². The highest BCUT2D eigenvalue weighted by molar-refractivity contribution is 6.00. The molecule has 4 heterocycles. The Balaban J connectivity index is 1.60. The predicted octanol–water partition coefficient (Wildman–Crippen LogP) is 3.48. The van der Waals surface area contributed by atoms with Crippen LogP contribution in [-0.2, 0) is 6.18 Å². The summed E-state index contributed by atoms with van der Waals surface area (Å²) in [4.78, 5) is 21.6. The number of amides is 1. The van der Waals surface area contributed by atoms with E-state index in [1.807, 2.05) is 0 Å². The molecule has 34 heavy (non-hydrogen) atoms. The molecule has 2 aromatic heterocycles. The number of benzene rings is 1. The minimum Gasteiger partial charge on any atom is -0.493 e. The minimum absolute atomic E-state index is 0.0277. The fraction of sp³-hybridized carbons (Fsp3) is 0.348. The van der Waals surface area contributed by atoms with Crippen LogP contribution in [0.1, 0.15) is 22.5 Å². The van der Waals surface area contributed by atoms with E-state index in [-0.39, 0.29) is 16.9 Å². The molecular weight excluding hydrogens is 451 g/mol. The molecular formula is C23H22F3N5O3.